The zero-order valence-corrected chi connectivity index (χ0v) is 16.2. The highest BCUT2D eigenvalue weighted by Crippen LogP contribution is 2.43. The molecular formula is C19H24FN3O5. The molecule has 2 amide bonds. The lowest BCUT2D eigenvalue weighted by Gasteiger charge is -2.39. The Balaban J connectivity index is 1.67. The highest BCUT2D eigenvalue weighted by Gasteiger charge is 2.46. The van der Waals surface area contributed by atoms with E-state index >= 15 is 0 Å². The molecule has 8 nitrogen and oxygen atoms in total. The van der Waals surface area contributed by atoms with Crippen molar-refractivity contribution in [3.63, 3.8) is 0 Å². The van der Waals surface area contributed by atoms with E-state index in [9.17, 15) is 24.1 Å². The van der Waals surface area contributed by atoms with Crippen molar-refractivity contribution in [1.82, 2.24) is 4.90 Å². The van der Waals surface area contributed by atoms with Gasteiger partial charge in [-0.15, -0.1) is 0 Å². The molecule has 2 heterocycles. The van der Waals surface area contributed by atoms with Gasteiger partial charge in [-0.2, -0.15) is 4.39 Å². The third-order valence-electron chi connectivity index (χ3n) is 5.24. The van der Waals surface area contributed by atoms with Crippen LogP contribution in [0.2, 0.25) is 0 Å². The van der Waals surface area contributed by atoms with Crippen LogP contribution in [0.15, 0.2) is 18.2 Å². The summed E-state index contributed by atoms with van der Waals surface area (Å²) in [5, 5.41) is 10.8. The van der Waals surface area contributed by atoms with Gasteiger partial charge >= 0.3 is 11.8 Å². The van der Waals surface area contributed by atoms with Crippen molar-refractivity contribution in [2.75, 3.05) is 24.5 Å². The molecule has 1 spiro atoms. The number of carbonyl (C=O) groups is 2. The van der Waals surface area contributed by atoms with Crippen molar-refractivity contribution in [2.45, 2.75) is 45.6 Å². The number of benzene rings is 1. The number of nitro groups is 1. The van der Waals surface area contributed by atoms with Gasteiger partial charge in [0.1, 0.15) is 5.60 Å². The molecule has 0 aromatic heterocycles. The normalized spacial score (nSPS) is 19.2. The van der Waals surface area contributed by atoms with Crippen molar-refractivity contribution < 1.29 is 23.6 Å². The Labute approximate surface area is 162 Å². The minimum absolute atomic E-state index is 0.140. The Kier molecular flexibility index (Phi) is 5.03. The molecule has 0 saturated carbocycles. The van der Waals surface area contributed by atoms with E-state index in [1.165, 1.54) is 11.0 Å². The Bertz CT molecular complexity index is 812. The van der Waals surface area contributed by atoms with E-state index in [0.717, 1.165) is 12.1 Å². The molecule has 1 aromatic carbocycles. The van der Waals surface area contributed by atoms with E-state index < -0.39 is 22.0 Å². The SMILES string of the molecule is CC(C)(C)OC(=O)N1CCC2(CC1)CC(=O)N(c1ccc([N+](=O)[O-])c(F)c1)C2. The number of nitrogens with zero attached hydrogens (tertiary/aromatic N) is 3. The minimum atomic E-state index is -0.962. The Morgan fingerprint density at radius 3 is 2.46 bits per heavy atom. The van der Waals surface area contributed by atoms with E-state index in [1.807, 2.05) is 20.8 Å². The Hall–Kier alpha value is -2.71. The summed E-state index contributed by atoms with van der Waals surface area (Å²) in [6, 6.07) is 3.51. The number of hydrogen-bond acceptors (Lipinski definition) is 5. The molecule has 2 aliphatic heterocycles. The molecule has 28 heavy (non-hydrogen) atoms. The van der Waals surface area contributed by atoms with Crippen molar-refractivity contribution in [3.05, 3.63) is 34.1 Å². The van der Waals surface area contributed by atoms with E-state index in [-0.39, 0.29) is 17.4 Å². The molecule has 2 fully saturated rings. The fourth-order valence-electron chi connectivity index (χ4n) is 3.77. The van der Waals surface area contributed by atoms with Crippen LogP contribution in [0.4, 0.5) is 20.6 Å². The van der Waals surface area contributed by atoms with Gasteiger partial charge in [-0.05, 0) is 39.7 Å². The summed E-state index contributed by atoms with van der Waals surface area (Å²) in [5.74, 6) is -1.10. The minimum Gasteiger partial charge on any atom is -0.444 e. The van der Waals surface area contributed by atoms with E-state index in [4.69, 9.17) is 4.74 Å². The fraction of sp³-hybridized carbons (Fsp3) is 0.579. The molecule has 2 aliphatic rings. The predicted molar refractivity (Wildman–Crippen MR) is 99.5 cm³/mol. The third-order valence-corrected chi connectivity index (χ3v) is 5.24. The lowest BCUT2D eigenvalue weighted by molar-refractivity contribution is -0.387. The summed E-state index contributed by atoms with van der Waals surface area (Å²) >= 11 is 0. The highest BCUT2D eigenvalue weighted by molar-refractivity contribution is 5.96. The lowest BCUT2D eigenvalue weighted by Crippen LogP contribution is -2.46. The van der Waals surface area contributed by atoms with Gasteiger partial charge in [0.2, 0.25) is 11.7 Å². The average Bonchev–Trinajstić information content (AvgIpc) is 2.89. The van der Waals surface area contributed by atoms with Gasteiger partial charge in [0.05, 0.1) is 4.92 Å². The fourth-order valence-corrected chi connectivity index (χ4v) is 3.77. The van der Waals surface area contributed by atoms with Gasteiger partial charge in [0.15, 0.2) is 0 Å². The maximum Gasteiger partial charge on any atom is 0.410 e. The second-order valence-corrected chi connectivity index (χ2v) is 8.52. The molecule has 0 unspecified atom stereocenters. The number of anilines is 1. The zero-order valence-electron chi connectivity index (χ0n) is 16.2. The van der Waals surface area contributed by atoms with Crippen LogP contribution in [0.3, 0.4) is 0 Å². The smallest absolute Gasteiger partial charge is 0.410 e. The van der Waals surface area contributed by atoms with Crippen LogP contribution in [0, 0.1) is 21.3 Å². The summed E-state index contributed by atoms with van der Waals surface area (Å²) in [6.07, 6.45) is 1.24. The molecule has 0 bridgehead atoms. The molecule has 0 aliphatic carbocycles. The van der Waals surface area contributed by atoms with Crippen molar-refractivity contribution >= 4 is 23.4 Å². The zero-order chi connectivity index (χ0) is 20.7. The van der Waals surface area contributed by atoms with Crippen LogP contribution in [0.5, 0.6) is 0 Å². The first-order chi connectivity index (χ1) is 13.0. The first kappa shape index (κ1) is 20.0. The summed E-state index contributed by atoms with van der Waals surface area (Å²) < 4.78 is 19.3. The second kappa shape index (κ2) is 7.03. The predicted octanol–water partition coefficient (Wildman–Crippen LogP) is 3.49. The van der Waals surface area contributed by atoms with Gasteiger partial charge in [-0.3, -0.25) is 14.9 Å². The Morgan fingerprint density at radius 2 is 1.93 bits per heavy atom. The number of rotatable bonds is 2. The van der Waals surface area contributed by atoms with Gasteiger partial charge in [0, 0.05) is 49.3 Å². The summed E-state index contributed by atoms with van der Waals surface area (Å²) in [5.41, 5.74) is -1.14. The number of piperidine rings is 1. The summed E-state index contributed by atoms with van der Waals surface area (Å²) in [4.78, 5) is 37.9. The summed E-state index contributed by atoms with van der Waals surface area (Å²) in [7, 11) is 0. The monoisotopic (exact) mass is 393 g/mol. The van der Waals surface area contributed by atoms with Crippen LogP contribution < -0.4 is 4.90 Å². The molecule has 2 saturated heterocycles. The standard InChI is InChI=1S/C19H24FN3O5/c1-18(2,3)28-17(25)21-8-6-19(7-9-21)11-16(24)22(12-19)13-4-5-15(23(26)27)14(20)10-13/h4-5,10H,6-9,11-12H2,1-3H3. The molecule has 1 aromatic rings. The van der Waals surface area contributed by atoms with E-state index in [0.29, 0.717) is 44.6 Å². The lowest BCUT2D eigenvalue weighted by atomic mass is 9.78. The van der Waals surface area contributed by atoms with E-state index in [2.05, 4.69) is 0 Å². The Morgan fingerprint density at radius 1 is 1.29 bits per heavy atom. The van der Waals surface area contributed by atoms with Gasteiger partial charge in [-0.25, -0.2) is 4.79 Å². The molecular weight excluding hydrogens is 369 g/mol. The maximum absolute atomic E-state index is 14.0. The van der Waals surface area contributed by atoms with Crippen molar-refractivity contribution in [3.8, 4) is 0 Å². The number of likely N-dealkylation sites (tertiary alicyclic amines) is 1. The largest absolute Gasteiger partial charge is 0.444 e. The molecule has 0 N–H and O–H groups in total. The maximum atomic E-state index is 14.0. The number of hydrogen-bond donors (Lipinski definition) is 0. The van der Waals surface area contributed by atoms with Crippen LogP contribution in [0.1, 0.15) is 40.0 Å². The number of halogens is 1. The first-order valence-corrected chi connectivity index (χ1v) is 9.22. The average molecular weight is 393 g/mol. The molecule has 0 atom stereocenters. The molecule has 3 rings (SSSR count). The quantitative estimate of drug-likeness (QED) is 0.566. The number of ether oxygens (including phenoxy) is 1. The van der Waals surface area contributed by atoms with Crippen LogP contribution in [-0.2, 0) is 9.53 Å². The molecule has 152 valence electrons. The number of nitro benzene ring substituents is 1. The number of carbonyl (C=O) groups excluding carboxylic acids is 2. The van der Waals surface area contributed by atoms with E-state index in [1.54, 1.807) is 4.90 Å². The third kappa shape index (κ3) is 4.07. The summed E-state index contributed by atoms with van der Waals surface area (Å²) in [6.45, 7) is 6.83. The topological polar surface area (TPSA) is 93.0 Å². The highest BCUT2D eigenvalue weighted by atomic mass is 19.1. The van der Waals surface area contributed by atoms with Crippen LogP contribution in [-0.4, -0.2) is 47.1 Å². The molecule has 0 radical (unpaired) electrons. The van der Waals surface area contributed by atoms with Crippen LogP contribution >= 0.6 is 0 Å². The van der Waals surface area contributed by atoms with Gasteiger partial charge in [0.25, 0.3) is 0 Å². The van der Waals surface area contributed by atoms with Gasteiger partial charge < -0.3 is 14.5 Å². The van der Waals surface area contributed by atoms with Crippen LogP contribution in [0.25, 0.3) is 0 Å². The first-order valence-electron chi connectivity index (χ1n) is 9.22. The van der Waals surface area contributed by atoms with Gasteiger partial charge in [-0.1, -0.05) is 0 Å². The second-order valence-electron chi connectivity index (χ2n) is 8.52. The van der Waals surface area contributed by atoms with Crippen molar-refractivity contribution in [1.29, 1.82) is 0 Å². The number of amides is 2. The molecule has 9 heteroatoms. The van der Waals surface area contributed by atoms with Crippen molar-refractivity contribution in [2.24, 2.45) is 5.41 Å².